The fraction of sp³-hybridized carbons (Fsp3) is 0.455. The van der Waals surface area contributed by atoms with Crippen LogP contribution in [0.1, 0.15) is 11.1 Å². The Morgan fingerprint density at radius 3 is 2.53 bits per heavy atom. The van der Waals surface area contributed by atoms with Crippen LogP contribution in [-0.4, -0.2) is 19.3 Å². The molecule has 0 unspecified atom stereocenters. The van der Waals surface area contributed by atoms with Crippen molar-refractivity contribution in [3.8, 4) is 0 Å². The van der Waals surface area contributed by atoms with Gasteiger partial charge in [-0.2, -0.15) is 13.2 Å². The van der Waals surface area contributed by atoms with E-state index in [9.17, 15) is 17.6 Å². The molecule has 0 amide bonds. The van der Waals surface area contributed by atoms with Gasteiger partial charge in [0.25, 0.3) is 0 Å². The number of nitrogens with one attached hydrogen (secondary N) is 1. The second-order valence-electron chi connectivity index (χ2n) is 3.73. The number of rotatable bonds is 4. The van der Waals surface area contributed by atoms with Crippen molar-refractivity contribution >= 4 is 11.6 Å². The predicted octanol–water partition coefficient (Wildman–Crippen LogP) is 3.48. The van der Waals surface area contributed by atoms with Crippen molar-refractivity contribution in [1.29, 1.82) is 0 Å². The lowest BCUT2D eigenvalue weighted by atomic mass is 10.1. The van der Waals surface area contributed by atoms with Gasteiger partial charge < -0.3 is 5.32 Å². The first-order valence-electron chi connectivity index (χ1n) is 5.01. The summed E-state index contributed by atoms with van der Waals surface area (Å²) in [6.07, 6.45) is -3.98. The van der Waals surface area contributed by atoms with Gasteiger partial charge in [0.05, 0.1) is 6.54 Å². The molecular formula is C11H12ClF4N. The summed E-state index contributed by atoms with van der Waals surface area (Å²) in [6, 6.07) is 2.73. The van der Waals surface area contributed by atoms with Crippen molar-refractivity contribution in [3.05, 3.63) is 34.1 Å². The van der Waals surface area contributed by atoms with Crippen LogP contribution < -0.4 is 5.32 Å². The SMILES string of the molecule is Cc1cc(Cl)c(CCNCC(F)(F)F)cc1F. The molecule has 6 heteroatoms. The summed E-state index contributed by atoms with van der Waals surface area (Å²) in [5.74, 6) is -0.403. The van der Waals surface area contributed by atoms with Crippen LogP contribution in [0.4, 0.5) is 17.6 Å². The average molecular weight is 270 g/mol. The summed E-state index contributed by atoms with van der Waals surface area (Å²) in [5, 5.41) is 2.60. The van der Waals surface area contributed by atoms with Crippen LogP contribution in [0.3, 0.4) is 0 Å². The molecule has 0 aliphatic heterocycles. The lowest BCUT2D eigenvalue weighted by Gasteiger charge is -2.09. The Morgan fingerprint density at radius 2 is 1.94 bits per heavy atom. The first kappa shape index (κ1) is 14.3. The summed E-state index contributed by atoms with van der Waals surface area (Å²) >= 11 is 5.85. The molecule has 0 saturated heterocycles. The second-order valence-corrected chi connectivity index (χ2v) is 4.14. The molecule has 1 aromatic rings. The zero-order valence-electron chi connectivity index (χ0n) is 9.17. The van der Waals surface area contributed by atoms with Gasteiger partial charge in [-0.25, -0.2) is 4.39 Å². The van der Waals surface area contributed by atoms with Crippen molar-refractivity contribution in [2.75, 3.05) is 13.1 Å². The molecular weight excluding hydrogens is 258 g/mol. The molecule has 1 nitrogen and oxygen atoms in total. The Morgan fingerprint density at radius 1 is 1.29 bits per heavy atom. The average Bonchev–Trinajstić information content (AvgIpc) is 2.18. The summed E-state index contributed by atoms with van der Waals surface area (Å²) in [4.78, 5) is 0. The topological polar surface area (TPSA) is 12.0 Å². The van der Waals surface area contributed by atoms with E-state index < -0.39 is 18.5 Å². The zero-order chi connectivity index (χ0) is 13.1. The van der Waals surface area contributed by atoms with E-state index in [0.29, 0.717) is 16.1 Å². The van der Waals surface area contributed by atoms with E-state index in [1.807, 2.05) is 0 Å². The molecule has 17 heavy (non-hydrogen) atoms. The molecule has 0 radical (unpaired) electrons. The molecule has 0 aliphatic carbocycles. The maximum Gasteiger partial charge on any atom is 0.401 e. The van der Waals surface area contributed by atoms with E-state index in [1.165, 1.54) is 12.1 Å². The molecule has 0 aliphatic rings. The second kappa shape index (κ2) is 5.69. The molecule has 0 fully saturated rings. The predicted molar refractivity (Wildman–Crippen MR) is 58.8 cm³/mol. The lowest BCUT2D eigenvalue weighted by Crippen LogP contribution is -2.30. The maximum absolute atomic E-state index is 13.2. The third-order valence-electron chi connectivity index (χ3n) is 2.22. The monoisotopic (exact) mass is 269 g/mol. The quantitative estimate of drug-likeness (QED) is 0.652. The number of aryl methyl sites for hydroxylation is 1. The molecule has 0 bridgehead atoms. The zero-order valence-corrected chi connectivity index (χ0v) is 9.92. The van der Waals surface area contributed by atoms with E-state index in [4.69, 9.17) is 11.6 Å². The van der Waals surface area contributed by atoms with E-state index in [1.54, 1.807) is 6.92 Å². The van der Waals surface area contributed by atoms with Crippen LogP contribution in [0.25, 0.3) is 0 Å². The Balaban J connectivity index is 2.50. The molecule has 1 rings (SSSR count). The van der Waals surface area contributed by atoms with Crippen molar-refractivity contribution in [1.82, 2.24) is 5.32 Å². The number of hydrogen-bond donors (Lipinski definition) is 1. The van der Waals surface area contributed by atoms with Crippen molar-refractivity contribution in [3.63, 3.8) is 0 Å². The Kier molecular flexibility index (Phi) is 4.77. The van der Waals surface area contributed by atoms with Gasteiger partial charge in [-0.05, 0) is 43.1 Å². The third kappa shape index (κ3) is 4.91. The maximum atomic E-state index is 13.2. The van der Waals surface area contributed by atoms with Gasteiger partial charge in [-0.1, -0.05) is 11.6 Å². The van der Waals surface area contributed by atoms with Crippen LogP contribution in [0.15, 0.2) is 12.1 Å². The molecule has 0 aromatic heterocycles. The van der Waals surface area contributed by atoms with Crippen molar-refractivity contribution in [2.45, 2.75) is 19.5 Å². The normalized spacial score (nSPS) is 11.9. The Hall–Kier alpha value is -0.810. The highest BCUT2D eigenvalue weighted by Gasteiger charge is 2.25. The van der Waals surface area contributed by atoms with Crippen LogP contribution in [0.2, 0.25) is 5.02 Å². The standard InChI is InChI=1S/C11H12ClF4N/c1-7-4-9(12)8(5-10(7)13)2-3-17-6-11(14,15)16/h4-5,17H,2-3,6H2,1H3. The minimum Gasteiger partial charge on any atom is -0.308 e. The van der Waals surface area contributed by atoms with E-state index in [2.05, 4.69) is 5.32 Å². The van der Waals surface area contributed by atoms with E-state index >= 15 is 0 Å². The Labute approximate surface area is 102 Å². The summed E-state index contributed by atoms with van der Waals surface area (Å²) in [5.41, 5.74) is 0.923. The first-order chi connectivity index (χ1) is 7.79. The number of hydrogen-bond acceptors (Lipinski definition) is 1. The Bertz CT molecular complexity index is 390. The van der Waals surface area contributed by atoms with Gasteiger partial charge in [0.2, 0.25) is 0 Å². The highest BCUT2D eigenvalue weighted by Crippen LogP contribution is 2.20. The molecule has 0 saturated carbocycles. The van der Waals surface area contributed by atoms with E-state index in [-0.39, 0.29) is 13.0 Å². The highest BCUT2D eigenvalue weighted by molar-refractivity contribution is 6.31. The van der Waals surface area contributed by atoms with Gasteiger partial charge in [-0.15, -0.1) is 0 Å². The molecule has 96 valence electrons. The van der Waals surface area contributed by atoms with Crippen LogP contribution >= 0.6 is 11.6 Å². The van der Waals surface area contributed by atoms with Crippen LogP contribution in [0.5, 0.6) is 0 Å². The van der Waals surface area contributed by atoms with E-state index in [0.717, 1.165) is 0 Å². The minimum absolute atomic E-state index is 0.0989. The lowest BCUT2D eigenvalue weighted by molar-refractivity contribution is -0.124. The minimum atomic E-state index is -4.23. The molecule has 0 heterocycles. The molecule has 1 N–H and O–H groups in total. The number of halogens is 5. The summed E-state index contributed by atoms with van der Waals surface area (Å²) in [6.45, 7) is 0.619. The summed E-state index contributed by atoms with van der Waals surface area (Å²) < 4.78 is 48.7. The van der Waals surface area contributed by atoms with Gasteiger partial charge >= 0.3 is 6.18 Å². The number of benzene rings is 1. The van der Waals surface area contributed by atoms with Gasteiger partial charge in [0.1, 0.15) is 5.82 Å². The van der Waals surface area contributed by atoms with Crippen LogP contribution in [0, 0.1) is 12.7 Å². The molecule has 0 spiro atoms. The third-order valence-corrected chi connectivity index (χ3v) is 2.58. The van der Waals surface area contributed by atoms with Crippen molar-refractivity contribution in [2.24, 2.45) is 0 Å². The smallest absolute Gasteiger partial charge is 0.308 e. The fourth-order valence-corrected chi connectivity index (χ4v) is 1.64. The van der Waals surface area contributed by atoms with Crippen molar-refractivity contribution < 1.29 is 17.6 Å². The molecule has 0 atom stereocenters. The van der Waals surface area contributed by atoms with Gasteiger partial charge in [-0.3, -0.25) is 0 Å². The largest absolute Gasteiger partial charge is 0.401 e. The molecule has 1 aromatic carbocycles. The number of alkyl halides is 3. The summed E-state index contributed by atoms with van der Waals surface area (Å²) in [7, 11) is 0. The fourth-order valence-electron chi connectivity index (χ4n) is 1.33. The van der Waals surface area contributed by atoms with Gasteiger partial charge in [0, 0.05) is 5.02 Å². The highest BCUT2D eigenvalue weighted by atomic mass is 35.5. The van der Waals surface area contributed by atoms with Gasteiger partial charge in [0.15, 0.2) is 0 Å². The first-order valence-corrected chi connectivity index (χ1v) is 5.39. The van der Waals surface area contributed by atoms with Crippen LogP contribution in [-0.2, 0) is 6.42 Å².